The number of carbonyl (C=O) groups is 1. The molecule has 0 amide bonds. The number of phenols is 1. The quantitative estimate of drug-likeness (QED) is 0.490. The molecule has 1 aromatic heterocycles. The standard InChI is InChI=1S/C22H25N3O4S/c1-4-11(2)30-22-24-20-19(21(28)25-22)17(12-8-9-14(26)16(10-12)29-3)18-13(23-20)6-5-7-15(18)27/h8-11,17,26H,4-7H2,1-3H3,(H2,23,24,25,28)/t11-,17+/m1/s1. The molecule has 0 fully saturated rings. The maximum absolute atomic E-state index is 13.2. The molecule has 3 N–H and O–H groups in total. The summed E-state index contributed by atoms with van der Waals surface area (Å²) in [6.07, 6.45) is 2.91. The number of ether oxygens (including phenoxy) is 1. The minimum atomic E-state index is -0.558. The minimum absolute atomic E-state index is 0.00640. The van der Waals surface area contributed by atoms with Crippen molar-refractivity contribution in [2.45, 2.75) is 55.9 Å². The van der Waals surface area contributed by atoms with Gasteiger partial charge >= 0.3 is 0 Å². The van der Waals surface area contributed by atoms with Gasteiger partial charge in [0.1, 0.15) is 5.82 Å². The molecule has 2 aromatic rings. The fourth-order valence-electron chi connectivity index (χ4n) is 3.98. The number of aromatic amines is 1. The number of nitrogens with one attached hydrogen (secondary N) is 2. The van der Waals surface area contributed by atoms with Gasteiger partial charge in [0, 0.05) is 28.9 Å². The van der Waals surface area contributed by atoms with Crippen LogP contribution in [0.5, 0.6) is 11.5 Å². The Morgan fingerprint density at radius 2 is 2.13 bits per heavy atom. The van der Waals surface area contributed by atoms with E-state index in [1.54, 1.807) is 12.1 Å². The van der Waals surface area contributed by atoms with E-state index in [0.717, 1.165) is 25.0 Å². The van der Waals surface area contributed by atoms with E-state index < -0.39 is 5.92 Å². The second-order valence-corrected chi connectivity index (χ2v) is 9.06. The smallest absolute Gasteiger partial charge is 0.257 e. The molecule has 0 bridgehead atoms. The van der Waals surface area contributed by atoms with Crippen molar-refractivity contribution in [1.29, 1.82) is 0 Å². The van der Waals surface area contributed by atoms with Crippen LogP contribution in [0.2, 0.25) is 0 Å². The molecule has 0 spiro atoms. The summed E-state index contributed by atoms with van der Waals surface area (Å²) in [5, 5.41) is 14.2. The van der Waals surface area contributed by atoms with Gasteiger partial charge in [-0.05, 0) is 37.0 Å². The largest absolute Gasteiger partial charge is 0.504 e. The second kappa shape index (κ2) is 8.18. The first-order chi connectivity index (χ1) is 14.4. The van der Waals surface area contributed by atoms with Crippen molar-refractivity contribution in [3.63, 3.8) is 0 Å². The fourth-order valence-corrected chi connectivity index (χ4v) is 4.82. The molecule has 8 heteroatoms. The molecule has 0 saturated carbocycles. The third-order valence-electron chi connectivity index (χ3n) is 5.66. The van der Waals surface area contributed by atoms with E-state index >= 15 is 0 Å². The number of methoxy groups -OCH3 is 1. The van der Waals surface area contributed by atoms with Gasteiger partial charge in [0.25, 0.3) is 5.56 Å². The Morgan fingerprint density at radius 1 is 1.33 bits per heavy atom. The molecule has 2 heterocycles. The number of fused-ring (bicyclic) bond motifs is 1. The Bertz CT molecular complexity index is 1090. The number of hydrogen-bond acceptors (Lipinski definition) is 7. The van der Waals surface area contributed by atoms with Crippen LogP contribution in [0, 0.1) is 0 Å². The number of allylic oxidation sites excluding steroid dienone is 2. The summed E-state index contributed by atoms with van der Waals surface area (Å²) in [4.78, 5) is 33.6. The topological polar surface area (TPSA) is 104 Å². The number of aromatic nitrogens is 2. The first-order valence-electron chi connectivity index (χ1n) is 10.1. The summed E-state index contributed by atoms with van der Waals surface area (Å²) in [6.45, 7) is 4.18. The average molecular weight is 428 g/mol. The van der Waals surface area contributed by atoms with Gasteiger partial charge in [-0.3, -0.25) is 9.59 Å². The predicted octanol–water partition coefficient (Wildman–Crippen LogP) is 3.94. The Kier molecular flexibility index (Phi) is 5.60. The van der Waals surface area contributed by atoms with E-state index in [1.165, 1.54) is 24.9 Å². The minimum Gasteiger partial charge on any atom is -0.504 e. The van der Waals surface area contributed by atoms with E-state index in [0.29, 0.717) is 45.1 Å². The Labute approximate surface area is 179 Å². The number of benzene rings is 1. The number of Topliss-reactive ketones (excluding diaryl/α,β-unsaturated/α-hetero) is 1. The van der Waals surface area contributed by atoms with Crippen LogP contribution in [0.3, 0.4) is 0 Å². The Morgan fingerprint density at radius 3 is 2.87 bits per heavy atom. The number of phenolic OH excluding ortho intramolecular Hbond substituents is 1. The van der Waals surface area contributed by atoms with Crippen LogP contribution in [-0.4, -0.2) is 33.2 Å². The van der Waals surface area contributed by atoms with E-state index in [-0.39, 0.29) is 17.1 Å². The first kappa shape index (κ1) is 20.5. The van der Waals surface area contributed by atoms with Crippen molar-refractivity contribution in [2.24, 2.45) is 0 Å². The van der Waals surface area contributed by atoms with E-state index in [9.17, 15) is 14.7 Å². The molecule has 1 aliphatic heterocycles. The molecule has 2 atom stereocenters. The summed E-state index contributed by atoms with van der Waals surface area (Å²) in [7, 11) is 1.47. The third kappa shape index (κ3) is 3.60. The highest BCUT2D eigenvalue weighted by Gasteiger charge is 2.38. The monoisotopic (exact) mass is 427 g/mol. The lowest BCUT2D eigenvalue weighted by molar-refractivity contribution is -0.116. The predicted molar refractivity (Wildman–Crippen MR) is 116 cm³/mol. The van der Waals surface area contributed by atoms with Gasteiger partial charge in [0.05, 0.1) is 12.7 Å². The van der Waals surface area contributed by atoms with Gasteiger partial charge in [-0.2, -0.15) is 0 Å². The number of ketones is 1. The zero-order valence-corrected chi connectivity index (χ0v) is 18.1. The molecule has 158 valence electrons. The molecule has 1 aliphatic carbocycles. The normalized spacial score (nSPS) is 19.0. The molecule has 0 unspecified atom stereocenters. The molecule has 7 nitrogen and oxygen atoms in total. The summed E-state index contributed by atoms with van der Waals surface area (Å²) in [5.41, 5.74) is 2.31. The van der Waals surface area contributed by atoms with Crippen molar-refractivity contribution < 1.29 is 14.6 Å². The van der Waals surface area contributed by atoms with E-state index in [4.69, 9.17) is 4.74 Å². The highest BCUT2D eigenvalue weighted by atomic mass is 32.2. The molecular formula is C22H25N3O4S. The van der Waals surface area contributed by atoms with Gasteiger partial charge in [0.15, 0.2) is 22.4 Å². The zero-order valence-electron chi connectivity index (χ0n) is 17.2. The van der Waals surface area contributed by atoms with Crippen molar-refractivity contribution in [3.8, 4) is 11.5 Å². The summed E-state index contributed by atoms with van der Waals surface area (Å²) < 4.78 is 5.26. The first-order valence-corrected chi connectivity index (χ1v) is 11.0. The molecule has 0 saturated heterocycles. The number of thioether (sulfide) groups is 1. The maximum Gasteiger partial charge on any atom is 0.257 e. The summed E-state index contributed by atoms with van der Waals surface area (Å²) in [5.74, 6) is 0.273. The van der Waals surface area contributed by atoms with Crippen LogP contribution in [0.15, 0.2) is 39.4 Å². The third-order valence-corrected chi connectivity index (χ3v) is 6.81. The molecule has 1 aromatic carbocycles. The SMILES string of the molecule is CC[C@@H](C)Sc1nc2c(c(=O)[nH]1)[C@@H](c1ccc(O)c(OC)c1)C1=C(CCCC1=O)N2. The van der Waals surface area contributed by atoms with Crippen LogP contribution in [0.1, 0.15) is 56.6 Å². The zero-order chi connectivity index (χ0) is 21.4. The van der Waals surface area contributed by atoms with Gasteiger partial charge in [-0.15, -0.1) is 0 Å². The van der Waals surface area contributed by atoms with E-state index in [1.807, 2.05) is 0 Å². The highest BCUT2D eigenvalue weighted by Crippen LogP contribution is 2.45. The number of hydrogen-bond donors (Lipinski definition) is 3. The van der Waals surface area contributed by atoms with Gasteiger partial charge in [-0.1, -0.05) is 31.7 Å². The lowest BCUT2D eigenvalue weighted by Gasteiger charge is -2.33. The van der Waals surface area contributed by atoms with Crippen molar-refractivity contribution >= 4 is 23.4 Å². The van der Waals surface area contributed by atoms with Gasteiger partial charge in [0.2, 0.25) is 0 Å². The molecule has 4 rings (SSSR count). The molecule has 0 radical (unpaired) electrons. The summed E-state index contributed by atoms with van der Waals surface area (Å²) in [6, 6.07) is 4.94. The highest BCUT2D eigenvalue weighted by molar-refractivity contribution is 7.99. The second-order valence-electron chi connectivity index (χ2n) is 7.63. The average Bonchev–Trinajstić information content (AvgIpc) is 2.72. The van der Waals surface area contributed by atoms with Crippen LogP contribution < -0.4 is 15.6 Å². The lowest BCUT2D eigenvalue weighted by Crippen LogP contribution is -2.32. The number of rotatable bonds is 5. The van der Waals surface area contributed by atoms with Crippen molar-refractivity contribution in [1.82, 2.24) is 9.97 Å². The number of H-pyrrole nitrogens is 1. The van der Waals surface area contributed by atoms with E-state index in [2.05, 4.69) is 29.1 Å². The number of nitrogens with zero attached hydrogens (tertiary/aromatic N) is 1. The van der Waals surface area contributed by atoms with Crippen molar-refractivity contribution in [3.05, 3.63) is 50.9 Å². The number of carbonyl (C=O) groups excluding carboxylic acids is 1. The van der Waals surface area contributed by atoms with Gasteiger partial charge in [-0.25, -0.2) is 4.98 Å². The molecular weight excluding hydrogens is 402 g/mol. The lowest BCUT2D eigenvalue weighted by atomic mass is 9.76. The maximum atomic E-state index is 13.2. The molecule has 2 aliphatic rings. The van der Waals surface area contributed by atoms with Crippen LogP contribution in [0.25, 0.3) is 0 Å². The number of aromatic hydroxyl groups is 1. The van der Waals surface area contributed by atoms with Crippen LogP contribution in [-0.2, 0) is 4.79 Å². The Hall–Kier alpha value is -2.74. The van der Waals surface area contributed by atoms with Crippen molar-refractivity contribution in [2.75, 3.05) is 12.4 Å². The molecule has 30 heavy (non-hydrogen) atoms. The number of anilines is 1. The Balaban J connectivity index is 1.90. The summed E-state index contributed by atoms with van der Waals surface area (Å²) >= 11 is 1.52. The van der Waals surface area contributed by atoms with Crippen LogP contribution >= 0.6 is 11.8 Å². The van der Waals surface area contributed by atoms with Crippen LogP contribution in [0.4, 0.5) is 5.82 Å². The fraction of sp³-hybridized carbons (Fsp3) is 0.409. The van der Waals surface area contributed by atoms with Gasteiger partial charge < -0.3 is 20.1 Å².